The van der Waals surface area contributed by atoms with Crippen molar-refractivity contribution in [2.75, 3.05) is 19.5 Å². The van der Waals surface area contributed by atoms with E-state index in [4.69, 9.17) is 21.1 Å². The van der Waals surface area contributed by atoms with Crippen molar-refractivity contribution in [2.45, 2.75) is 26.7 Å². The molecule has 0 bridgehead atoms. The third kappa shape index (κ3) is 3.98. The molecule has 124 valence electrons. The molecule has 0 radical (unpaired) electrons. The van der Waals surface area contributed by atoms with Gasteiger partial charge in [-0.25, -0.2) is 0 Å². The number of hydrogen-bond donors (Lipinski definition) is 1. The molecule has 0 spiro atoms. The zero-order valence-electron chi connectivity index (χ0n) is 13.7. The summed E-state index contributed by atoms with van der Waals surface area (Å²) in [6, 6.07) is 5.24. The van der Waals surface area contributed by atoms with Gasteiger partial charge in [0.2, 0.25) is 0 Å². The van der Waals surface area contributed by atoms with Crippen molar-refractivity contribution in [3.05, 3.63) is 38.5 Å². The third-order valence-corrected chi connectivity index (χ3v) is 4.87. The number of anilines is 1. The van der Waals surface area contributed by atoms with Crippen molar-refractivity contribution in [1.82, 2.24) is 0 Å². The van der Waals surface area contributed by atoms with Crippen LogP contribution in [0.1, 0.15) is 33.5 Å². The molecular formula is C17H20ClNO3S. The SMILES string of the molecule is CCCc1cc(C(=O)Nc2cc(OC)c(Cl)cc2OC)sc1C. The first-order valence-electron chi connectivity index (χ1n) is 7.32. The monoisotopic (exact) mass is 353 g/mol. The van der Waals surface area contributed by atoms with Crippen LogP contribution >= 0.6 is 22.9 Å². The first-order valence-corrected chi connectivity index (χ1v) is 8.51. The van der Waals surface area contributed by atoms with Gasteiger partial charge >= 0.3 is 0 Å². The first-order chi connectivity index (χ1) is 11.0. The van der Waals surface area contributed by atoms with E-state index in [0.717, 1.165) is 12.8 Å². The van der Waals surface area contributed by atoms with E-state index in [1.54, 1.807) is 12.1 Å². The van der Waals surface area contributed by atoms with Crippen LogP contribution < -0.4 is 14.8 Å². The Hall–Kier alpha value is -1.72. The van der Waals surface area contributed by atoms with Crippen LogP contribution in [0, 0.1) is 6.92 Å². The van der Waals surface area contributed by atoms with Crippen molar-refractivity contribution in [2.24, 2.45) is 0 Å². The van der Waals surface area contributed by atoms with Gasteiger partial charge in [0.1, 0.15) is 11.5 Å². The van der Waals surface area contributed by atoms with Gasteiger partial charge in [-0.1, -0.05) is 24.9 Å². The topological polar surface area (TPSA) is 47.6 Å². The molecule has 0 saturated heterocycles. The van der Waals surface area contributed by atoms with Gasteiger partial charge in [-0.2, -0.15) is 0 Å². The zero-order valence-corrected chi connectivity index (χ0v) is 15.2. The van der Waals surface area contributed by atoms with Gasteiger partial charge in [-0.15, -0.1) is 11.3 Å². The number of nitrogens with one attached hydrogen (secondary N) is 1. The highest BCUT2D eigenvalue weighted by atomic mass is 35.5. The van der Waals surface area contributed by atoms with Crippen LogP contribution in [0.3, 0.4) is 0 Å². The van der Waals surface area contributed by atoms with E-state index in [9.17, 15) is 4.79 Å². The second-order valence-electron chi connectivity index (χ2n) is 5.08. The van der Waals surface area contributed by atoms with Crippen molar-refractivity contribution >= 4 is 34.5 Å². The van der Waals surface area contributed by atoms with Crippen LogP contribution in [0.2, 0.25) is 5.02 Å². The van der Waals surface area contributed by atoms with Gasteiger partial charge in [-0.3, -0.25) is 4.79 Å². The molecule has 1 aromatic heterocycles. The van der Waals surface area contributed by atoms with Crippen LogP contribution in [0.4, 0.5) is 5.69 Å². The minimum absolute atomic E-state index is 0.164. The highest BCUT2D eigenvalue weighted by molar-refractivity contribution is 7.14. The Balaban J connectivity index is 2.27. The maximum Gasteiger partial charge on any atom is 0.265 e. The molecule has 0 fully saturated rings. The van der Waals surface area contributed by atoms with Crippen molar-refractivity contribution in [3.8, 4) is 11.5 Å². The lowest BCUT2D eigenvalue weighted by molar-refractivity contribution is 0.103. The van der Waals surface area contributed by atoms with Crippen molar-refractivity contribution in [1.29, 1.82) is 0 Å². The molecule has 0 aliphatic rings. The molecule has 0 unspecified atom stereocenters. The number of aryl methyl sites for hydroxylation is 2. The summed E-state index contributed by atoms with van der Waals surface area (Å²) in [4.78, 5) is 14.4. The Labute approximate surface area is 145 Å². The van der Waals surface area contributed by atoms with E-state index in [0.29, 0.717) is 27.1 Å². The van der Waals surface area contributed by atoms with Gasteiger partial charge in [0.15, 0.2) is 0 Å². The third-order valence-electron chi connectivity index (χ3n) is 3.49. The summed E-state index contributed by atoms with van der Waals surface area (Å²) in [5.41, 5.74) is 1.75. The average Bonchev–Trinajstić information content (AvgIpc) is 2.90. The summed E-state index contributed by atoms with van der Waals surface area (Å²) in [6.07, 6.45) is 2.04. The lowest BCUT2D eigenvalue weighted by Gasteiger charge is -2.12. The molecule has 23 heavy (non-hydrogen) atoms. The fourth-order valence-corrected chi connectivity index (χ4v) is 3.49. The van der Waals surface area contributed by atoms with Gasteiger partial charge in [0.25, 0.3) is 5.91 Å². The van der Waals surface area contributed by atoms with Gasteiger partial charge < -0.3 is 14.8 Å². The molecule has 0 atom stereocenters. The van der Waals surface area contributed by atoms with E-state index in [1.165, 1.54) is 36.0 Å². The van der Waals surface area contributed by atoms with Crippen molar-refractivity contribution in [3.63, 3.8) is 0 Å². The normalized spacial score (nSPS) is 10.5. The largest absolute Gasteiger partial charge is 0.495 e. The lowest BCUT2D eigenvalue weighted by Crippen LogP contribution is -2.11. The number of thiophene rings is 1. The van der Waals surface area contributed by atoms with Crippen LogP contribution in [0.5, 0.6) is 11.5 Å². The minimum Gasteiger partial charge on any atom is -0.495 e. The minimum atomic E-state index is -0.164. The Kier molecular flexibility index (Phi) is 5.91. The Morgan fingerprint density at radius 1 is 1.22 bits per heavy atom. The number of carbonyl (C=O) groups is 1. The Bertz CT molecular complexity index is 712. The van der Waals surface area contributed by atoms with Crippen LogP contribution in [-0.2, 0) is 6.42 Å². The zero-order chi connectivity index (χ0) is 17.0. The number of hydrogen-bond acceptors (Lipinski definition) is 4. The number of ether oxygens (including phenoxy) is 2. The lowest BCUT2D eigenvalue weighted by atomic mass is 10.1. The predicted molar refractivity (Wildman–Crippen MR) is 95.6 cm³/mol. The summed E-state index contributed by atoms with van der Waals surface area (Å²) in [5, 5.41) is 3.30. The fraction of sp³-hybridized carbons (Fsp3) is 0.353. The van der Waals surface area contributed by atoms with Gasteiger partial charge in [-0.05, 0) is 25.0 Å². The molecule has 2 aromatic rings. The standard InChI is InChI=1S/C17H20ClNO3S/c1-5-6-11-7-16(23-10(11)2)17(20)19-13-9-14(21-3)12(18)8-15(13)22-4/h7-9H,5-6H2,1-4H3,(H,19,20). The quantitative estimate of drug-likeness (QED) is 0.800. The number of benzene rings is 1. The molecule has 1 heterocycles. The maximum atomic E-state index is 12.5. The van der Waals surface area contributed by atoms with E-state index >= 15 is 0 Å². The number of rotatable bonds is 6. The van der Waals surface area contributed by atoms with E-state index in [2.05, 4.69) is 12.2 Å². The average molecular weight is 354 g/mol. The highest BCUT2D eigenvalue weighted by Gasteiger charge is 2.16. The second-order valence-corrected chi connectivity index (χ2v) is 6.75. The second kappa shape index (κ2) is 7.70. The Morgan fingerprint density at radius 2 is 1.91 bits per heavy atom. The fourth-order valence-electron chi connectivity index (χ4n) is 2.29. The van der Waals surface area contributed by atoms with Crippen LogP contribution in [0.25, 0.3) is 0 Å². The molecule has 4 nitrogen and oxygen atoms in total. The first kappa shape index (κ1) is 17.6. The van der Waals surface area contributed by atoms with E-state index in [1.807, 2.05) is 13.0 Å². The molecule has 1 amide bonds. The molecule has 0 aliphatic carbocycles. The summed E-state index contributed by atoms with van der Waals surface area (Å²) < 4.78 is 10.5. The molecule has 2 rings (SSSR count). The molecule has 6 heteroatoms. The van der Waals surface area contributed by atoms with Crippen LogP contribution in [-0.4, -0.2) is 20.1 Å². The summed E-state index contributed by atoms with van der Waals surface area (Å²) >= 11 is 7.58. The summed E-state index contributed by atoms with van der Waals surface area (Å²) in [6.45, 7) is 4.17. The smallest absolute Gasteiger partial charge is 0.265 e. The number of halogens is 1. The van der Waals surface area contributed by atoms with Gasteiger partial charge in [0.05, 0.1) is 29.8 Å². The van der Waals surface area contributed by atoms with Gasteiger partial charge in [0, 0.05) is 17.0 Å². The highest BCUT2D eigenvalue weighted by Crippen LogP contribution is 2.36. The number of carbonyl (C=O) groups excluding carboxylic acids is 1. The Morgan fingerprint density at radius 3 is 2.52 bits per heavy atom. The number of methoxy groups -OCH3 is 2. The summed E-state index contributed by atoms with van der Waals surface area (Å²) in [7, 11) is 3.06. The predicted octanol–water partition coefficient (Wildman–Crippen LogP) is 4.93. The van der Waals surface area contributed by atoms with Crippen LogP contribution in [0.15, 0.2) is 18.2 Å². The molecule has 1 N–H and O–H groups in total. The summed E-state index contributed by atoms with van der Waals surface area (Å²) in [5.74, 6) is 0.811. The molecule has 0 saturated carbocycles. The molecule has 1 aromatic carbocycles. The molecule has 0 aliphatic heterocycles. The van der Waals surface area contributed by atoms with Crippen molar-refractivity contribution < 1.29 is 14.3 Å². The van der Waals surface area contributed by atoms with E-state index in [-0.39, 0.29) is 5.91 Å². The number of amides is 1. The van der Waals surface area contributed by atoms with E-state index < -0.39 is 0 Å². The molecular weight excluding hydrogens is 334 g/mol. The maximum absolute atomic E-state index is 12.5.